The number of hydrogen-bond acceptors (Lipinski definition) is 5. The SMILES string of the molecule is COc1cc(NC(=O)CNC(=O)c2ccccc2C)ccc1NS(C)(=O)=O. The largest absolute Gasteiger partial charge is 0.494 e. The van der Waals surface area contributed by atoms with E-state index in [0.717, 1.165) is 11.8 Å². The Morgan fingerprint density at radius 3 is 2.44 bits per heavy atom. The molecule has 0 heterocycles. The molecule has 0 saturated heterocycles. The van der Waals surface area contributed by atoms with Crippen molar-refractivity contribution in [2.75, 3.05) is 29.9 Å². The average Bonchev–Trinajstić information content (AvgIpc) is 2.60. The van der Waals surface area contributed by atoms with Crippen LogP contribution in [0.5, 0.6) is 5.75 Å². The van der Waals surface area contributed by atoms with Gasteiger partial charge in [-0.05, 0) is 30.7 Å². The highest BCUT2D eigenvalue weighted by Gasteiger charge is 2.12. The molecule has 2 aromatic rings. The van der Waals surface area contributed by atoms with Gasteiger partial charge in [-0.3, -0.25) is 14.3 Å². The number of ether oxygens (including phenoxy) is 1. The van der Waals surface area contributed by atoms with Gasteiger partial charge in [-0.25, -0.2) is 8.42 Å². The van der Waals surface area contributed by atoms with Crippen molar-refractivity contribution < 1.29 is 22.7 Å². The van der Waals surface area contributed by atoms with Gasteiger partial charge in [0.15, 0.2) is 0 Å². The Hall–Kier alpha value is -3.07. The standard InChI is InChI=1S/C18H21N3O5S/c1-12-6-4-5-7-14(12)18(23)19-11-17(22)20-13-8-9-15(16(10-13)26-2)21-27(3,24)25/h4-10,21H,11H2,1-3H3,(H,19,23)(H,20,22). The number of carbonyl (C=O) groups is 2. The smallest absolute Gasteiger partial charge is 0.251 e. The quantitative estimate of drug-likeness (QED) is 0.665. The van der Waals surface area contributed by atoms with Gasteiger partial charge in [0.1, 0.15) is 5.75 Å². The summed E-state index contributed by atoms with van der Waals surface area (Å²) in [6.45, 7) is 1.60. The van der Waals surface area contributed by atoms with Crippen LogP contribution in [0.2, 0.25) is 0 Å². The van der Waals surface area contributed by atoms with Crippen LogP contribution in [0.15, 0.2) is 42.5 Å². The van der Waals surface area contributed by atoms with Crippen LogP contribution in [-0.2, 0) is 14.8 Å². The first-order valence-electron chi connectivity index (χ1n) is 7.99. The zero-order chi connectivity index (χ0) is 20.0. The molecular weight excluding hydrogens is 370 g/mol. The maximum Gasteiger partial charge on any atom is 0.251 e. The number of rotatable bonds is 7. The molecule has 8 nitrogen and oxygen atoms in total. The maximum atomic E-state index is 12.1. The molecule has 144 valence electrons. The van der Waals surface area contributed by atoms with Gasteiger partial charge in [0.05, 0.1) is 25.6 Å². The fourth-order valence-electron chi connectivity index (χ4n) is 2.34. The van der Waals surface area contributed by atoms with Gasteiger partial charge in [0.25, 0.3) is 5.91 Å². The van der Waals surface area contributed by atoms with Crippen molar-refractivity contribution in [3.05, 3.63) is 53.6 Å². The molecule has 0 aliphatic carbocycles. The summed E-state index contributed by atoms with van der Waals surface area (Å²) in [4.78, 5) is 24.2. The van der Waals surface area contributed by atoms with Crippen molar-refractivity contribution in [2.24, 2.45) is 0 Å². The lowest BCUT2D eigenvalue weighted by molar-refractivity contribution is -0.115. The first kappa shape index (κ1) is 20.2. The van der Waals surface area contributed by atoms with E-state index in [9.17, 15) is 18.0 Å². The van der Waals surface area contributed by atoms with E-state index < -0.39 is 15.9 Å². The van der Waals surface area contributed by atoms with E-state index in [1.807, 2.05) is 19.1 Å². The summed E-state index contributed by atoms with van der Waals surface area (Å²) >= 11 is 0. The van der Waals surface area contributed by atoms with Gasteiger partial charge >= 0.3 is 0 Å². The van der Waals surface area contributed by atoms with Crippen molar-refractivity contribution in [3.63, 3.8) is 0 Å². The zero-order valence-corrected chi connectivity index (χ0v) is 16.0. The van der Waals surface area contributed by atoms with E-state index >= 15 is 0 Å². The van der Waals surface area contributed by atoms with Crippen molar-refractivity contribution in [1.82, 2.24) is 5.32 Å². The molecule has 0 unspecified atom stereocenters. The Kier molecular flexibility index (Phi) is 6.40. The fourth-order valence-corrected chi connectivity index (χ4v) is 2.91. The normalized spacial score (nSPS) is 10.8. The number of amides is 2. The second-order valence-electron chi connectivity index (χ2n) is 5.84. The lowest BCUT2D eigenvalue weighted by Gasteiger charge is -2.12. The number of nitrogens with one attached hydrogen (secondary N) is 3. The van der Waals surface area contributed by atoms with Crippen LogP contribution in [0, 0.1) is 6.92 Å². The third-order valence-electron chi connectivity index (χ3n) is 3.58. The summed E-state index contributed by atoms with van der Waals surface area (Å²) in [6.07, 6.45) is 1.03. The van der Waals surface area contributed by atoms with Crippen molar-refractivity contribution in [3.8, 4) is 5.75 Å². The van der Waals surface area contributed by atoms with Crippen LogP contribution in [-0.4, -0.2) is 40.1 Å². The fraction of sp³-hybridized carbons (Fsp3) is 0.222. The molecule has 0 bridgehead atoms. The van der Waals surface area contributed by atoms with Crippen molar-refractivity contribution in [1.29, 1.82) is 0 Å². The summed E-state index contributed by atoms with van der Waals surface area (Å²) < 4.78 is 30.1. The molecule has 0 aliphatic rings. The molecular formula is C18H21N3O5S. The monoisotopic (exact) mass is 391 g/mol. The third-order valence-corrected chi connectivity index (χ3v) is 4.17. The third kappa shape index (κ3) is 6.00. The van der Waals surface area contributed by atoms with Crippen LogP contribution in [0.3, 0.4) is 0 Å². The summed E-state index contributed by atoms with van der Waals surface area (Å²) in [5, 5.41) is 5.17. The Morgan fingerprint density at radius 2 is 1.81 bits per heavy atom. The minimum atomic E-state index is -3.46. The molecule has 0 fully saturated rings. The van der Waals surface area contributed by atoms with E-state index in [0.29, 0.717) is 11.3 Å². The minimum Gasteiger partial charge on any atom is -0.494 e. The molecule has 0 spiro atoms. The second kappa shape index (κ2) is 8.54. The highest BCUT2D eigenvalue weighted by atomic mass is 32.2. The minimum absolute atomic E-state index is 0.210. The van der Waals surface area contributed by atoms with E-state index in [2.05, 4.69) is 15.4 Å². The highest BCUT2D eigenvalue weighted by molar-refractivity contribution is 7.92. The number of aryl methyl sites for hydroxylation is 1. The van der Waals surface area contributed by atoms with Gasteiger partial charge in [-0.2, -0.15) is 0 Å². The molecule has 27 heavy (non-hydrogen) atoms. The van der Waals surface area contributed by atoms with Gasteiger partial charge in [-0.1, -0.05) is 18.2 Å². The molecule has 2 amide bonds. The Labute approximate surface area is 158 Å². The van der Waals surface area contributed by atoms with E-state index in [4.69, 9.17) is 4.74 Å². The van der Waals surface area contributed by atoms with Gasteiger partial charge in [0, 0.05) is 17.3 Å². The van der Waals surface area contributed by atoms with Gasteiger partial charge in [-0.15, -0.1) is 0 Å². The topological polar surface area (TPSA) is 114 Å². The number of sulfonamides is 1. The first-order valence-corrected chi connectivity index (χ1v) is 9.88. The highest BCUT2D eigenvalue weighted by Crippen LogP contribution is 2.28. The molecule has 3 N–H and O–H groups in total. The number of benzene rings is 2. The van der Waals surface area contributed by atoms with Crippen molar-refractivity contribution >= 4 is 33.2 Å². The number of hydrogen-bond donors (Lipinski definition) is 3. The second-order valence-corrected chi connectivity index (χ2v) is 7.58. The number of carbonyl (C=O) groups excluding carboxylic acids is 2. The lowest BCUT2D eigenvalue weighted by Crippen LogP contribution is -2.33. The van der Waals surface area contributed by atoms with Gasteiger partial charge in [0.2, 0.25) is 15.9 Å². The van der Waals surface area contributed by atoms with Crippen LogP contribution < -0.4 is 20.1 Å². The molecule has 0 saturated carbocycles. The van der Waals surface area contributed by atoms with Crippen LogP contribution in [0.4, 0.5) is 11.4 Å². The first-order chi connectivity index (χ1) is 12.7. The average molecular weight is 391 g/mol. The molecule has 0 aromatic heterocycles. The summed E-state index contributed by atoms with van der Waals surface area (Å²) in [6, 6.07) is 11.6. The molecule has 9 heteroatoms. The predicted molar refractivity (Wildman–Crippen MR) is 104 cm³/mol. The zero-order valence-electron chi connectivity index (χ0n) is 15.2. The van der Waals surface area contributed by atoms with E-state index in [-0.39, 0.29) is 23.9 Å². The van der Waals surface area contributed by atoms with Crippen molar-refractivity contribution in [2.45, 2.75) is 6.92 Å². The number of anilines is 2. The Bertz CT molecular complexity index is 957. The summed E-state index contributed by atoms with van der Waals surface area (Å²) in [5.74, 6) is -0.515. The molecule has 0 aliphatic heterocycles. The van der Waals surface area contributed by atoms with Crippen LogP contribution >= 0.6 is 0 Å². The summed E-state index contributed by atoms with van der Waals surface area (Å²) in [5.41, 5.74) is 1.98. The molecule has 0 radical (unpaired) electrons. The molecule has 0 atom stereocenters. The Morgan fingerprint density at radius 1 is 1.11 bits per heavy atom. The summed E-state index contributed by atoms with van der Waals surface area (Å²) in [7, 11) is -2.07. The predicted octanol–water partition coefficient (Wildman–Crippen LogP) is 1.74. The lowest BCUT2D eigenvalue weighted by atomic mass is 10.1. The number of methoxy groups -OCH3 is 1. The molecule has 2 rings (SSSR count). The molecule has 2 aromatic carbocycles. The van der Waals surface area contributed by atoms with E-state index in [1.54, 1.807) is 12.1 Å². The Balaban J connectivity index is 1.99. The van der Waals surface area contributed by atoms with Crippen LogP contribution in [0.1, 0.15) is 15.9 Å². The van der Waals surface area contributed by atoms with Gasteiger partial charge < -0.3 is 15.4 Å². The maximum absolute atomic E-state index is 12.1. The van der Waals surface area contributed by atoms with E-state index in [1.165, 1.54) is 25.3 Å². The van der Waals surface area contributed by atoms with Crippen LogP contribution in [0.25, 0.3) is 0 Å².